The molecule has 0 heterocycles. The summed E-state index contributed by atoms with van der Waals surface area (Å²) in [6.07, 6.45) is 8.41. The number of hydrogen-bond donors (Lipinski definition) is 0. The maximum atomic E-state index is 2.42. The SMILES string of the molecule is C1=CC2CC2C=C1c1ccccc1.CC. The first-order valence-corrected chi connectivity index (χ1v) is 5.89. The molecule has 0 saturated heterocycles. The van der Waals surface area contributed by atoms with Crippen molar-refractivity contribution in [3.05, 3.63) is 54.1 Å². The molecule has 2 unspecified atom stereocenters. The molecule has 0 aliphatic heterocycles. The fourth-order valence-electron chi connectivity index (χ4n) is 1.99. The predicted octanol–water partition coefficient (Wildman–Crippen LogP) is 4.30. The molecule has 0 N–H and O–H groups in total. The Labute approximate surface area is 92.3 Å². The average Bonchev–Trinajstić information content (AvgIpc) is 3.11. The molecule has 0 amide bonds. The lowest BCUT2D eigenvalue weighted by atomic mass is 10.00. The Kier molecular flexibility index (Phi) is 3.05. The third-order valence-electron chi connectivity index (χ3n) is 2.91. The van der Waals surface area contributed by atoms with E-state index < -0.39 is 0 Å². The van der Waals surface area contributed by atoms with Gasteiger partial charge in [0.05, 0.1) is 0 Å². The Morgan fingerprint density at radius 2 is 1.73 bits per heavy atom. The standard InChI is InChI=1S/C13H12.C2H6/c1-2-4-10(5-3-1)11-6-7-12-9-13(12)8-11;1-2/h1-8,12-13H,9H2;1-2H3. The molecule has 15 heavy (non-hydrogen) atoms. The molecule has 3 rings (SSSR count). The van der Waals surface area contributed by atoms with Crippen LogP contribution in [0.4, 0.5) is 0 Å². The van der Waals surface area contributed by atoms with Gasteiger partial charge in [0.2, 0.25) is 0 Å². The van der Waals surface area contributed by atoms with Crippen molar-refractivity contribution in [2.24, 2.45) is 11.8 Å². The van der Waals surface area contributed by atoms with Gasteiger partial charge in [-0.15, -0.1) is 0 Å². The fraction of sp³-hybridized carbons (Fsp3) is 0.333. The highest BCUT2D eigenvalue weighted by atomic mass is 14.4. The molecule has 1 saturated carbocycles. The third-order valence-corrected chi connectivity index (χ3v) is 2.91. The van der Waals surface area contributed by atoms with E-state index in [-0.39, 0.29) is 0 Å². The Morgan fingerprint density at radius 3 is 2.40 bits per heavy atom. The highest BCUT2D eigenvalue weighted by molar-refractivity contribution is 5.75. The van der Waals surface area contributed by atoms with E-state index in [1.54, 1.807) is 0 Å². The van der Waals surface area contributed by atoms with Gasteiger partial charge in [0.25, 0.3) is 0 Å². The number of benzene rings is 1. The van der Waals surface area contributed by atoms with Gasteiger partial charge < -0.3 is 0 Å². The van der Waals surface area contributed by atoms with Gasteiger partial charge in [0, 0.05) is 0 Å². The summed E-state index contributed by atoms with van der Waals surface area (Å²) in [7, 11) is 0. The molecule has 0 radical (unpaired) electrons. The van der Waals surface area contributed by atoms with Crippen LogP contribution in [0.3, 0.4) is 0 Å². The van der Waals surface area contributed by atoms with Crippen LogP contribution in [0.2, 0.25) is 0 Å². The molecular formula is C15H18. The normalized spacial score (nSPS) is 25.9. The second kappa shape index (κ2) is 4.48. The van der Waals surface area contributed by atoms with Crippen molar-refractivity contribution >= 4 is 5.57 Å². The average molecular weight is 198 g/mol. The zero-order valence-electron chi connectivity index (χ0n) is 9.48. The molecule has 2 atom stereocenters. The second-order valence-electron chi connectivity index (χ2n) is 3.91. The summed E-state index contributed by atoms with van der Waals surface area (Å²) in [6, 6.07) is 10.6. The van der Waals surface area contributed by atoms with Gasteiger partial charge in [-0.1, -0.05) is 62.4 Å². The maximum Gasteiger partial charge on any atom is -0.0155 e. The maximum absolute atomic E-state index is 2.42. The van der Waals surface area contributed by atoms with Gasteiger partial charge >= 0.3 is 0 Å². The van der Waals surface area contributed by atoms with Crippen LogP contribution in [0, 0.1) is 11.8 Å². The Morgan fingerprint density at radius 1 is 1.00 bits per heavy atom. The van der Waals surface area contributed by atoms with Crippen LogP contribution >= 0.6 is 0 Å². The van der Waals surface area contributed by atoms with Crippen LogP contribution < -0.4 is 0 Å². The monoisotopic (exact) mass is 198 g/mol. The minimum absolute atomic E-state index is 0.847. The van der Waals surface area contributed by atoms with E-state index in [1.807, 2.05) is 13.8 Å². The van der Waals surface area contributed by atoms with Gasteiger partial charge in [-0.25, -0.2) is 0 Å². The minimum atomic E-state index is 0.847. The van der Waals surface area contributed by atoms with Crippen molar-refractivity contribution < 1.29 is 0 Å². The van der Waals surface area contributed by atoms with Crippen LogP contribution in [0.1, 0.15) is 25.8 Å². The first kappa shape index (κ1) is 10.2. The molecule has 1 aromatic rings. The Balaban J connectivity index is 0.000000404. The summed E-state index contributed by atoms with van der Waals surface area (Å²) in [5, 5.41) is 0. The van der Waals surface area contributed by atoms with Crippen molar-refractivity contribution in [3.8, 4) is 0 Å². The van der Waals surface area contributed by atoms with Gasteiger partial charge in [-0.2, -0.15) is 0 Å². The van der Waals surface area contributed by atoms with Gasteiger partial charge in [-0.05, 0) is 29.4 Å². The fourth-order valence-corrected chi connectivity index (χ4v) is 1.99. The zero-order chi connectivity index (χ0) is 10.7. The predicted molar refractivity (Wildman–Crippen MR) is 66.5 cm³/mol. The van der Waals surface area contributed by atoms with E-state index in [0.29, 0.717) is 0 Å². The molecule has 2 aliphatic carbocycles. The van der Waals surface area contributed by atoms with Crippen LogP contribution in [0.15, 0.2) is 48.6 Å². The summed E-state index contributed by atoms with van der Waals surface area (Å²) in [5.74, 6) is 1.72. The summed E-state index contributed by atoms with van der Waals surface area (Å²) in [6.45, 7) is 4.00. The summed E-state index contributed by atoms with van der Waals surface area (Å²) in [4.78, 5) is 0. The largest absolute Gasteiger partial charge is 0.0802 e. The molecule has 0 aromatic heterocycles. The molecular weight excluding hydrogens is 180 g/mol. The second-order valence-corrected chi connectivity index (χ2v) is 3.91. The van der Waals surface area contributed by atoms with Crippen LogP contribution in [-0.4, -0.2) is 0 Å². The quantitative estimate of drug-likeness (QED) is 0.631. The lowest BCUT2D eigenvalue weighted by Gasteiger charge is -2.05. The van der Waals surface area contributed by atoms with Gasteiger partial charge in [0.15, 0.2) is 0 Å². The number of hydrogen-bond acceptors (Lipinski definition) is 0. The molecule has 2 aliphatic rings. The minimum Gasteiger partial charge on any atom is -0.0802 e. The third kappa shape index (κ3) is 2.20. The summed E-state index contributed by atoms with van der Waals surface area (Å²) >= 11 is 0. The highest BCUT2D eigenvalue weighted by Gasteiger charge is 2.34. The Bertz CT molecular complexity index is 370. The van der Waals surface area contributed by atoms with E-state index in [1.165, 1.54) is 17.6 Å². The van der Waals surface area contributed by atoms with E-state index in [4.69, 9.17) is 0 Å². The van der Waals surface area contributed by atoms with Crippen LogP contribution in [-0.2, 0) is 0 Å². The van der Waals surface area contributed by atoms with Crippen LogP contribution in [0.5, 0.6) is 0 Å². The molecule has 78 valence electrons. The summed E-state index contributed by atoms with van der Waals surface area (Å²) in [5.41, 5.74) is 2.75. The van der Waals surface area contributed by atoms with Crippen molar-refractivity contribution in [2.45, 2.75) is 20.3 Å². The molecule has 1 fully saturated rings. The lowest BCUT2D eigenvalue weighted by molar-refractivity contribution is 0.985. The topological polar surface area (TPSA) is 0 Å². The first-order chi connectivity index (χ1) is 7.43. The molecule has 1 aromatic carbocycles. The van der Waals surface area contributed by atoms with E-state index in [2.05, 4.69) is 48.6 Å². The molecule has 0 spiro atoms. The van der Waals surface area contributed by atoms with Crippen molar-refractivity contribution in [2.75, 3.05) is 0 Å². The summed E-state index contributed by atoms with van der Waals surface area (Å²) < 4.78 is 0. The molecule has 0 heteroatoms. The first-order valence-electron chi connectivity index (χ1n) is 5.89. The van der Waals surface area contributed by atoms with Gasteiger partial charge in [-0.3, -0.25) is 0 Å². The Hall–Kier alpha value is -1.30. The zero-order valence-corrected chi connectivity index (χ0v) is 9.48. The smallest absolute Gasteiger partial charge is 0.0155 e. The number of rotatable bonds is 1. The van der Waals surface area contributed by atoms with Crippen LogP contribution in [0.25, 0.3) is 5.57 Å². The van der Waals surface area contributed by atoms with Crippen molar-refractivity contribution in [1.29, 1.82) is 0 Å². The van der Waals surface area contributed by atoms with E-state index in [0.717, 1.165) is 11.8 Å². The number of allylic oxidation sites excluding steroid dienone is 4. The van der Waals surface area contributed by atoms with Crippen molar-refractivity contribution in [3.63, 3.8) is 0 Å². The molecule has 0 bridgehead atoms. The van der Waals surface area contributed by atoms with E-state index in [9.17, 15) is 0 Å². The highest BCUT2D eigenvalue weighted by Crippen LogP contribution is 2.45. The molecule has 0 nitrogen and oxygen atoms in total. The van der Waals surface area contributed by atoms with Crippen molar-refractivity contribution in [1.82, 2.24) is 0 Å². The van der Waals surface area contributed by atoms with Gasteiger partial charge in [0.1, 0.15) is 0 Å². The number of fused-ring (bicyclic) bond motifs is 1. The van der Waals surface area contributed by atoms with E-state index >= 15 is 0 Å². The lowest BCUT2D eigenvalue weighted by Crippen LogP contribution is -1.87.